The first-order chi connectivity index (χ1) is 14.0. The van der Waals surface area contributed by atoms with Gasteiger partial charge in [0.05, 0.1) is 46.2 Å². The van der Waals surface area contributed by atoms with Crippen LogP contribution in [0, 0.1) is 11.3 Å². The molecule has 29 heavy (non-hydrogen) atoms. The molecular weight excluding hydrogens is 366 g/mol. The highest BCUT2D eigenvalue weighted by molar-refractivity contribution is 5.86. The van der Waals surface area contributed by atoms with Crippen LogP contribution in [0.25, 0.3) is 39.3 Å². The molecule has 2 aromatic carbocycles. The minimum atomic E-state index is -0.0711. The number of aryl methyl sites for hydroxylation is 3. The van der Waals surface area contributed by atoms with Gasteiger partial charge in [-0.15, -0.1) is 0 Å². The summed E-state index contributed by atoms with van der Waals surface area (Å²) in [6.07, 6.45) is 3.49. The molecule has 5 aromatic rings. The van der Waals surface area contributed by atoms with Crippen LogP contribution in [0.15, 0.2) is 53.7 Å². The monoisotopic (exact) mass is 383 g/mol. The van der Waals surface area contributed by atoms with Crippen molar-refractivity contribution in [2.75, 3.05) is 0 Å². The van der Waals surface area contributed by atoms with Crippen LogP contribution in [0.5, 0.6) is 0 Å². The first kappa shape index (κ1) is 17.0. The van der Waals surface area contributed by atoms with Crippen molar-refractivity contribution in [2.45, 2.75) is 0 Å². The normalized spacial score (nSPS) is 11.4. The Kier molecular flexibility index (Phi) is 3.48. The van der Waals surface area contributed by atoms with Crippen LogP contribution in [-0.2, 0) is 21.1 Å². The van der Waals surface area contributed by atoms with E-state index >= 15 is 0 Å². The molecule has 5 rings (SSSR count). The third-order valence-electron chi connectivity index (χ3n) is 5.34. The predicted octanol–water partition coefficient (Wildman–Crippen LogP) is 2.49. The lowest BCUT2D eigenvalue weighted by Gasteiger charge is -2.10. The molecule has 0 bridgehead atoms. The van der Waals surface area contributed by atoms with Gasteiger partial charge in [-0.1, -0.05) is 0 Å². The van der Waals surface area contributed by atoms with E-state index in [4.69, 9.17) is 4.98 Å². The SMILES string of the molecule is Cn1cncc1-c1nc2cc(C#N)ccc2n1-c1ccc2c(c1)n(C)c(=O)n2C. The van der Waals surface area contributed by atoms with Gasteiger partial charge < -0.3 is 4.57 Å². The molecule has 0 unspecified atom stereocenters. The Balaban J connectivity index is 1.87. The molecule has 0 saturated carbocycles. The minimum absolute atomic E-state index is 0.0711. The van der Waals surface area contributed by atoms with E-state index in [1.807, 2.05) is 40.4 Å². The van der Waals surface area contributed by atoms with E-state index in [1.54, 1.807) is 47.9 Å². The number of hydrogen-bond acceptors (Lipinski definition) is 4. The standard InChI is InChI=1S/C21H17N7O/c1-25-12-23-11-19(25)20-24-15-8-13(10-22)4-6-16(15)28(20)14-5-7-17-18(9-14)27(3)21(29)26(17)2/h4-9,11-12H,1-3H3. The highest BCUT2D eigenvalue weighted by Gasteiger charge is 2.18. The summed E-state index contributed by atoms with van der Waals surface area (Å²) in [6.45, 7) is 0. The molecule has 0 spiro atoms. The molecule has 8 nitrogen and oxygen atoms in total. The van der Waals surface area contributed by atoms with Gasteiger partial charge in [-0.25, -0.2) is 14.8 Å². The average molecular weight is 383 g/mol. The number of fused-ring (bicyclic) bond motifs is 2. The zero-order chi connectivity index (χ0) is 20.3. The van der Waals surface area contributed by atoms with Crippen LogP contribution in [-0.4, -0.2) is 28.2 Å². The van der Waals surface area contributed by atoms with Crippen molar-refractivity contribution in [3.63, 3.8) is 0 Å². The van der Waals surface area contributed by atoms with Crippen LogP contribution < -0.4 is 5.69 Å². The lowest BCUT2D eigenvalue weighted by molar-refractivity contribution is 0.795. The maximum atomic E-state index is 12.3. The molecule has 0 aliphatic carbocycles. The Labute approximate surface area is 165 Å². The Bertz CT molecular complexity index is 1520. The summed E-state index contributed by atoms with van der Waals surface area (Å²) < 4.78 is 7.20. The maximum absolute atomic E-state index is 12.3. The summed E-state index contributed by atoms with van der Waals surface area (Å²) in [5.41, 5.74) is 5.50. The number of rotatable bonds is 2. The molecule has 142 valence electrons. The number of imidazole rings is 3. The summed E-state index contributed by atoms with van der Waals surface area (Å²) in [7, 11) is 5.44. The molecule has 3 heterocycles. The molecule has 0 aliphatic heterocycles. The van der Waals surface area contributed by atoms with Gasteiger partial charge >= 0.3 is 5.69 Å². The summed E-state index contributed by atoms with van der Waals surface area (Å²) in [5.74, 6) is 0.718. The second-order valence-electron chi connectivity index (χ2n) is 7.05. The van der Waals surface area contributed by atoms with Crippen molar-refractivity contribution in [3.8, 4) is 23.3 Å². The van der Waals surface area contributed by atoms with Crippen LogP contribution >= 0.6 is 0 Å². The van der Waals surface area contributed by atoms with Crippen molar-refractivity contribution in [3.05, 3.63) is 65.0 Å². The van der Waals surface area contributed by atoms with E-state index in [0.29, 0.717) is 5.56 Å². The number of nitrogens with zero attached hydrogens (tertiary/aromatic N) is 7. The van der Waals surface area contributed by atoms with Crippen molar-refractivity contribution in [1.82, 2.24) is 28.2 Å². The average Bonchev–Trinajstić information content (AvgIpc) is 3.38. The van der Waals surface area contributed by atoms with E-state index in [0.717, 1.165) is 39.3 Å². The van der Waals surface area contributed by atoms with Gasteiger partial charge in [0.1, 0.15) is 5.69 Å². The molecule has 0 fully saturated rings. The van der Waals surface area contributed by atoms with Crippen LogP contribution in [0.1, 0.15) is 5.56 Å². The Morgan fingerprint density at radius 1 is 0.966 bits per heavy atom. The molecule has 0 N–H and O–H groups in total. The van der Waals surface area contributed by atoms with E-state index in [9.17, 15) is 10.1 Å². The lowest BCUT2D eigenvalue weighted by atomic mass is 10.2. The van der Waals surface area contributed by atoms with Crippen LogP contribution in [0.4, 0.5) is 0 Å². The molecule has 3 aromatic heterocycles. The summed E-state index contributed by atoms with van der Waals surface area (Å²) >= 11 is 0. The van der Waals surface area contributed by atoms with Crippen LogP contribution in [0.3, 0.4) is 0 Å². The zero-order valence-electron chi connectivity index (χ0n) is 16.2. The van der Waals surface area contributed by atoms with Crippen molar-refractivity contribution in [2.24, 2.45) is 21.1 Å². The number of nitriles is 1. The van der Waals surface area contributed by atoms with Gasteiger partial charge in [-0.3, -0.25) is 13.7 Å². The minimum Gasteiger partial charge on any atom is -0.331 e. The number of benzene rings is 2. The van der Waals surface area contributed by atoms with Crippen molar-refractivity contribution >= 4 is 22.1 Å². The topological polar surface area (TPSA) is 86.4 Å². The fraction of sp³-hybridized carbons (Fsp3) is 0.143. The number of aromatic nitrogens is 6. The van der Waals surface area contributed by atoms with Gasteiger partial charge in [-0.2, -0.15) is 5.26 Å². The maximum Gasteiger partial charge on any atom is 0.328 e. The molecule has 0 saturated heterocycles. The predicted molar refractivity (Wildman–Crippen MR) is 110 cm³/mol. The Morgan fingerprint density at radius 2 is 1.72 bits per heavy atom. The fourth-order valence-electron chi connectivity index (χ4n) is 3.79. The largest absolute Gasteiger partial charge is 0.331 e. The van der Waals surface area contributed by atoms with E-state index in [2.05, 4.69) is 11.1 Å². The molecule has 0 aliphatic rings. The fourth-order valence-corrected chi connectivity index (χ4v) is 3.79. The highest BCUT2D eigenvalue weighted by atomic mass is 16.1. The van der Waals surface area contributed by atoms with E-state index in [1.165, 1.54) is 0 Å². The third-order valence-corrected chi connectivity index (χ3v) is 5.34. The van der Waals surface area contributed by atoms with Gasteiger partial charge in [0, 0.05) is 26.8 Å². The molecule has 8 heteroatoms. The van der Waals surface area contributed by atoms with Gasteiger partial charge in [0.2, 0.25) is 0 Å². The molecule has 0 radical (unpaired) electrons. The smallest absolute Gasteiger partial charge is 0.328 e. The summed E-state index contributed by atoms with van der Waals surface area (Å²) in [5, 5.41) is 9.26. The lowest BCUT2D eigenvalue weighted by Crippen LogP contribution is -2.19. The Hall–Kier alpha value is -4.12. The van der Waals surface area contributed by atoms with E-state index < -0.39 is 0 Å². The van der Waals surface area contributed by atoms with Gasteiger partial charge in [0.25, 0.3) is 0 Å². The van der Waals surface area contributed by atoms with Crippen molar-refractivity contribution < 1.29 is 0 Å². The first-order valence-electron chi connectivity index (χ1n) is 9.04. The van der Waals surface area contributed by atoms with Gasteiger partial charge in [0.15, 0.2) is 5.82 Å². The summed E-state index contributed by atoms with van der Waals surface area (Å²) in [4.78, 5) is 21.4. The van der Waals surface area contributed by atoms with Crippen molar-refractivity contribution in [1.29, 1.82) is 5.26 Å². The highest BCUT2D eigenvalue weighted by Crippen LogP contribution is 2.30. The molecular formula is C21H17N7O. The Morgan fingerprint density at radius 3 is 2.45 bits per heavy atom. The third kappa shape index (κ3) is 2.34. The molecule has 0 atom stereocenters. The molecule has 0 amide bonds. The number of hydrogen-bond donors (Lipinski definition) is 0. The zero-order valence-corrected chi connectivity index (χ0v) is 16.2. The van der Waals surface area contributed by atoms with Gasteiger partial charge in [-0.05, 0) is 36.4 Å². The second kappa shape index (κ2) is 5.94. The quantitative estimate of drug-likeness (QED) is 0.469. The van der Waals surface area contributed by atoms with Crippen LogP contribution in [0.2, 0.25) is 0 Å². The first-order valence-corrected chi connectivity index (χ1v) is 9.04. The second-order valence-corrected chi connectivity index (χ2v) is 7.05. The van der Waals surface area contributed by atoms with E-state index in [-0.39, 0.29) is 5.69 Å². The summed E-state index contributed by atoms with van der Waals surface area (Å²) in [6, 6.07) is 13.5.